The number of benzene rings is 1. The molecule has 6 nitrogen and oxygen atoms in total. The lowest BCUT2D eigenvalue weighted by molar-refractivity contribution is 0.0905. The minimum Gasteiger partial charge on any atom is -0.382 e. The van der Waals surface area contributed by atoms with Crippen LogP contribution in [0.1, 0.15) is 29.7 Å². The summed E-state index contributed by atoms with van der Waals surface area (Å²) in [6, 6.07) is 7.07. The van der Waals surface area contributed by atoms with E-state index in [-0.39, 0.29) is 17.4 Å². The maximum atomic E-state index is 14.4. The Labute approximate surface area is 168 Å². The highest BCUT2D eigenvalue weighted by Crippen LogP contribution is 2.30. The summed E-state index contributed by atoms with van der Waals surface area (Å²) in [5.74, 6) is 0.226. The van der Waals surface area contributed by atoms with Crippen molar-refractivity contribution in [2.45, 2.75) is 39.3 Å². The SMILES string of the molecule is Cc1cc(C)c(CNc2nccc3c(NC4CCOCC4)cc(F)cc23)c(=O)[nH]1. The Hall–Kier alpha value is -2.93. The van der Waals surface area contributed by atoms with Gasteiger partial charge in [-0.2, -0.15) is 0 Å². The number of ether oxygens (including phenoxy) is 1. The summed E-state index contributed by atoms with van der Waals surface area (Å²) in [5.41, 5.74) is 3.01. The quantitative estimate of drug-likeness (QED) is 0.610. The zero-order valence-corrected chi connectivity index (χ0v) is 16.6. The minimum atomic E-state index is -0.326. The third-order valence-corrected chi connectivity index (χ3v) is 5.35. The van der Waals surface area contributed by atoms with Crippen LogP contribution in [-0.2, 0) is 11.3 Å². The first-order chi connectivity index (χ1) is 14.0. The van der Waals surface area contributed by atoms with Crippen molar-refractivity contribution in [3.05, 3.63) is 63.5 Å². The summed E-state index contributed by atoms with van der Waals surface area (Å²) in [6.07, 6.45) is 3.48. The number of aromatic nitrogens is 2. The number of hydrogen-bond acceptors (Lipinski definition) is 5. The van der Waals surface area contributed by atoms with E-state index in [9.17, 15) is 9.18 Å². The number of hydrogen-bond donors (Lipinski definition) is 3. The lowest BCUT2D eigenvalue weighted by Gasteiger charge is -2.25. The number of nitrogens with zero attached hydrogens (tertiary/aromatic N) is 1. The van der Waals surface area contributed by atoms with E-state index < -0.39 is 0 Å². The topological polar surface area (TPSA) is 79.0 Å². The summed E-state index contributed by atoms with van der Waals surface area (Å²) >= 11 is 0. The molecule has 1 aliphatic heterocycles. The fraction of sp³-hybridized carbons (Fsp3) is 0.364. The number of anilines is 2. The second kappa shape index (κ2) is 8.21. The molecule has 152 valence electrons. The van der Waals surface area contributed by atoms with Crippen LogP contribution in [0, 0.1) is 19.7 Å². The van der Waals surface area contributed by atoms with Gasteiger partial charge in [-0.1, -0.05) is 0 Å². The van der Waals surface area contributed by atoms with Gasteiger partial charge in [-0.3, -0.25) is 4.79 Å². The molecular formula is C22H25FN4O2. The first kappa shape index (κ1) is 19.4. The van der Waals surface area contributed by atoms with Crippen LogP contribution < -0.4 is 16.2 Å². The molecule has 1 saturated heterocycles. The Morgan fingerprint density at radius 2 is 2.00 bits per heavy atom. The molecule has 7 heteroatoms. The van der Waals surface area contributed by atoms with Gasteiger partial charge in [0.2, 0.25) is 0 Å². The summed E-state index contributed by atoms with van der Waals surface area (Å²) in [4.78, 5) is 19.5. The van der Waals surface area contributed by atoms with Gasteiger partial charge < -0.3 is 20.4 Å². The third kappa shape index (κ3) is 4.24. The van der Waals surface area contributed by atoms with E-state index in [1.165, 1.54) is 12.1 Å². The molecular weight excluding hydrogens is 371 g/mol. The largest absolute Gasteiger partial charge is 0.382 e. The van der Waals surface area contributed by atoms with Crippen LogP contribution in [0.25, 0.3) is 10.8 Å². The number of aromatic amines is 1. The molecule has 1 fully saturated rings. The molecule has 0 spiro atoms. The number of fused-ring (bicyclic) bond motifs is 1. The maximum Gasteiger partial charge on any atom is 0.253 e. The van der Waals surface area contributed by atoms with Gasteiger partial charge in [0.05, 0.1) is 0 Å². The van der Waals surface area contributed by atoms with Crippen molar-refractivity contribution in [1.82, 2.24) is 9.97 Å². The summed E-state index contributed by atoms with van der Waals surface area (Å²) in [6.45, 7) is 5.50. The normalized spacial score (nSPS) is 14.9. The van der Waals surface area contributed by atoms with Gasteiger partial charge in [-0.15, -0.1) is 0 Å². The maximum absolute atomic E-state index is 14.4. The predicted octanol–water partition coefficient (Wildman–Crippen LogP) is 3.88. The van der Waals surface area contributed by atoms with Crippen LogP contribution in [0.2, 0.25) is 0 Å². The van der Waals surface area contributed by atoms with Crippen molar-refractivity contribution < 1.29 is 9.13 Å². The average molecular weight is 396 g/mol. The first-order valence-electron chi connectivity index (χ1n) is 9.87. The molecule has 3 N–H and O–H groups in total. The van der Waals surface area contributed by atoms with E-state index in [1.54, 1.807) is 6.20 Å². The van der Waals surface area contributed by atoms with Gasteiger partial charge in [-0.05, 0) is 56.5 Å². The number of rotatable bonds is 5. The molecule has 0 atom stereocenters. The van der Waals surface area contributed by atoms with Gasteiger partial charge in [-0.25, -0.2) is 9.37 Å². The average Bonchev–Trinajstić information content (AvgIpc) is 2.68. The Morgan fingerprint density at radius 3 is 2.76 bits per heavy atom. The molecule has 3 aromatic rings. The van der Waals surface area contributed by atoms with Crippen LogP contribution in [0.15, 0.2) is 35.3 Å². The molecule has 3 heterocycles. The molecule has 1 aliphatic rings. The highest BCUT2D eigenvalue weighted by molar-refractivity contribution is 6.00. The van der Waals surface area contributed by atoms with Crippen molar-refractivity contribution in [1.29, 1.82) is 0 Å². The summed E-state index contributed by atoms with van der Waals surface area (Å²) < 4.78 is 19.8. The highest BCUT2D eigenvalue weighted by atomic mass is 19.1. The molecule has 4 rings (SSSR count). The Balaban J connectivity index is 1.64. The monoisotopic (exact) mass is 396 g/mol. The van der Waals surface area contributed by atoms with Crippen LogP contribution in [0.5, 0.6) is 0 Å². The van der Waals surface area contributed by atoms with Gasteiger partial charge in [0.25, 0.3) is 5.56 Å². The van der Waals surface area contributed by atoms with Crippen molar-refractivity contribution in [2.24, 2.45) is 0 Å². The van der Waals surface area contributed by atoms with Gasteiger partial charge >= 0.3 is 0 Å². The van der Waals surface area contributed by atoms with Crippen LogP contribution >= 0.6 is 0 Å². The highest BCUT2D eigenvalue weighted by Gasteiger charge is 2.16. The molecule has 1 aromatic carbocycles. The molecule has 29 heavy (non-hydrogen) atoms. The number of nitrogens with one attached hydrogen (secondary N) is 3. The number of H-pyrrole nitrogens is 1. The van der Waals surface area contributed by atoms with Crippen LogP contribution in [-0.4, -0.2) is 29.2 Å². The van der Waals surface area contributed by atoms with E-state index in [2.05, 4.69) is 20.6 Å². The van der Waals surface area contributed by atoms with E-state index in [0.717, 1.165) is 35.2 Å². The third-order valence-electron chi connectivity index (χ3n) is 5.35. The smallest absolute Gasteiger partial charge is 0.253 e. The fourth-order valence-electron chi connectivity index (χ4n) is 3.84. The Kier molecular flexibility index (Phi) is 5.49. The Bertz CT molecular complexity index is 1090. The number of aryl methyl sites for hydroxylation is 2. The molecule has 0 aliphatic carbocycles. The van der Waals surface area contributed by atoms with Crippen molar-refractivity contribution in [3.8, 4) is 0 Å². The van der Waals surface area contributed by atoms with Gasteiger partial charge in [0.15, 0.2) is 0 Å². The van der Waals surface area contributed by atoms with Gasteiger partial charge in [0, 0.05) is 59.7 Å². The molecule has 0 bridgehead atoms. The minimum absolute atomic E-state index is 0.122. The van der Waals surface area contributed by atoms with Crippen LogP contribution in [0.3, 0.4) is 0 Å². The van der Waals surface area contributed by atoms with E-state index >= 15 is 0 Å². The summed E-state index contributed by atoms with van der Waals surface area (Å²) in [7, 11) is 0. The fourth-order valence-corrected chi connectivity index (χ4v) is 3.84. The van der Waals surface area contributed by atoms with Gasteiger partial charge in [0.1, 0.15) is 11.6 Å². The predicted molar refractivity (Wildman–Crippen MR) is 113 cm³/mol. The second-order valence-corrected chi connectivity index (χ2v) is 7.54. The number of halogens is 1. The molecule has 0 saturated carbocycles. The standard InChI is InChI=1S/C22H25FN4O2/c1-13-9-14(2)26-22(28)19(13)12-25-21-18-10-15(23)11-20(17(18)3-6-24-21)27-16-4-7-29-8-5-16/h3,6,9-11,16,27H,4-5,7-8,12H2,1-2H3,(H,24,25)(H,26,28). The first-order valence-corrected chi connectivity index (χ1v) is 9.87. The van der Waals surface area contributed by atoms with E-state index in [4.69, 9.17) is 4.74 Å². The second-order valence-electron chi connectivity index (χ2n) is 7.54. The van der Waals surface area contributed by atoms with Crippen LogP contribution in [0.4, 0.5) is 15.9 Å². The molecule has 0 unspecified atom stereocenters. The van der Waals surface area contributed by atoms with Crippen molar-refractivity contribution in [2.75, 3.05) is 23.8 Å². The van der Waals surface area contributed by atoms with E-state index in [1.807, 2.05) is 26.0 Å². The molecule has 0 amide bonds. The van der Waals surface area contributed by atoms with Crippen molar-refractivity contribution >= 4 is 22.3 Å². The van der Waals surface area contributed by atoms with E-state index in [0.29, 0.717) is 36.5 Å². The zero-order chi connectivity index (χ0) is 20.4. The lowest BCUT2D eigenvalue weighted by Crippen LogP contribution is -2.28. The molecule has 0 radical (unpaired) electrons. The lowest BCUT2D eigenvalue weighted by atomic mass is 10.1. The molecule has 2 aromatic heterocycles. The Morgan fingerprint density at radius 1 is 1.21 bits per heavy atom. The number of pyridine rings is 2. The summed E-state index contributed by atoms with van der Waals surface area (Å²) in [5, 5.41) is 8.25. The zero-order valence-electron chi connectivity index (χ0n) is 16.6. The van der Waals surface area contributed by atoms with Crippen molar-refractivity contribution in [3.63, 3.8) is 0 Å².